The van der Waals surface area contributed by atoms with Gasteiger partial charge >= 0.3 is 0 Å². The Hall–Kier alpha value is -2.06. The Kier molecular flexibility index (Phi) is 6.10. The molecule has 0 N–H and O–H groups in total. The molecule has 1 heterocycles. The number of benzene rings is 2. The van der Waals surface area contributed by atoms with Gasteiger partial charge in [0.2, 0.25) is 0 Å². The fourth-order valence-corrected chi connectivity index (χ4v) is 4.25. The number of halogens is 2. The third kappa shape index (κ3) is 4.59. The van der Waals surface area contributed by atoms with E-state index in [1.807, 2.05) is 53.4 Å². The summed E-state index contributed by atoms with van der Waals surface area (Å²) in [7, 11) is 0. The largest absolute Gasteiger partial charge is 0.358 e. The van der Waals surface area contributed by atoms with E-state index in [4.69, 9.17) is 33.2 Å². The lowest BCUT2D eigenvalue weighted by Gasteiger charge is -2.45. The maximum Gasteiger partial charge on any atom is 0.252 e. The van der Waals surface area contributed by atoms with Crippen LogP contribution in [0, 0.1) is 17.2 Å². The predicted octanol–water partition coefficient (Wildman–Crippen LogP) is 5.72. The van der Waals surface area contributed by atoms with E-state index in [9.17, 15) is 4.79 Å². The van der Waals surface area contributed by atoms with E-state index in [-0.39, 0.29) is 24.5 Å². The van der Waals surface area contributed by atoms with Crippen molar-refractivity contribution in [3.05, 3.63) is 69.7 Å². The molecule has 2 aliphatic rings. The van der Waals surface area contributed by atoms with Crippen LogP contribution < -0.4 is 0 Å². The molecule has 3 atom stereocenters. The number of amides is 1. The second-order valence-electron chi connectivity index (χ2n) is 7.73. The van der Waals surface area contributed by atoms with E-state index in [2.05, 4.69) is 6.07 Å². The molecule has 4 rings (SSSR count). The van der Waals surface area contributed by atoms with Crippen molar-refractivity contribution >= 4 is 29.1 Å². The monoisotopic (exact) mass is 428 g/mol. The second kappa shape index (κ2) is 8.75. The van der Waals surface area contributed by atoms with Crippen LogP contribution in [0.4, 0.5) is 0 Å². The average molecular weight is 429 g/mol. The third-order valence-corrected chi connectivity index (χ3v) is 6.04. The first kappa shape index (κ1) is 20.2. The Labute approximate surface area is 181 Å². The average Bonchev–Trinajstić information content (AvgIpc) is 3.53. The summed E-state index contributed by atoms with van der Waals surface area (Å²) in [6.07, 6.45) is 1.96. The van der Waals surface area contributed by atoms with Gasteiger partial charge in [-0.2, -0.15) is 5.26 Å². The highest BCUT2D eigenvalue weighted by Crippen LogP contribution is 2.45. The van der Waals surface area contributed by atoms with Gasteiger partial charge in [0.05, 0.1) is 12.1 Å². The first-order valence-corrected chi connectivity index (χ1v) is 10.7. The molecule has 1 aliphatic carbocycles. The summed E-state index contributed by atoms with van der Waals surface area (Å²) in [4.78, 5) is 15.3. The van der Waals surface area contributed by atoms with E-state index in [0.717, 1.165) is 24.0 Å². The van der Waals surface area contributed by atoms with Crippen LogP contribution in [0.5, 0.6) is 0 Å². The molecule has 0 aromatic heterocycles. The molecule has 4 nitrogen and oxygen atoms in total. The number of rotatable bonds is 6. The smallest absolute Gasteiger partial charge is 0.252 e. The minimum Gasteiger partial charge on any atom is -0.358 e. The van der Waals surface area contributed by atoms with Crippen molar-refractivity contribution < 1.29 is 9.53 Å². The lowest BCUT2D eigenvalue weighted by atomic mass is 9.90. The highest BCUT2D eigenvalue weighted by atomic mass is 35.5. The molecular formula is C23H22Cl2N2O2. The molecule has 2 fully saturated rings. The van der Waals surface area contributed by atoms with Gasteiger partial charge in [0.15, 0.2) is 0 Å². The third-order valence-electron chi connectivity index (χ3n) is 5.55. The standard InChI is InChI=1S/C23H22Cl2N2O2/c24-18-10-8-16(9-11-18)21-22(17-3-1-4-19(25)13-17)29-20(5-2-12-26)23(28)27(21)14-15-6-7-15/h1,3-4,8-11,13,15,20-22H,2,5-7,14H2/t20-,21+,22-/m0/s1. The molecule has 1 saturated heterocycles. The fraction of sp³-hybridized carbons (Fsp3) is 0.391. The van der Waals surface area contributed by atoms with Crippen LogP contribution in [0.2, 0.25) is 10.0 Å². The molecule has 29 heavy (non-hydrogen) atoms. The summed E-state index contributed by atoms with van der Waals surface area (Å²) in [5.74, 6) is 0.494. The molecule has 0 spiro atoms. The summed E-state index contributed by atoms with van der Waals surface area (Å²) in [6, 6.07) is 17.0. The Morgan fingerprint density at radius 2 is 1.83 bits per heavy atom. The minimum atomic E-state index is -0.624. The van der Waals surface area contributed by atoms with E-state index < -0.39 is 6.10 Å². The summed E-state index contributed by atoms with van der Waals surface area (Å²) < 4.78 is 6.34. The Morgan fingerprint density at radius 3 is 2.48 bits per heavy atom. The molecule has 0 radical (unpaired) electrons. The summed E-state index contributed by atoms with van der Waals surface area (Å²) >= 11 is 12.4. The van der Waals surface area contributed by atoms with E-state index in [0.29, 0.717) is 28.9 Å². The molecule has 6 heteroatoms. The number of hydrogen-bond donors (Lipinski definition) is 0. The highest BCUT2D eigenvalue weighted by Gasteiger charge is 2.45. The Bertz CT molecular complexity index is 921. The topological polar surface area (TPSA) is 53.3 Å². The number of nitriles is 1. The van der Waals surface area contributed by atoms with Crippen LogP contribution in [0.25, 0.3) is 0 Å². The zero-order chi connectivity index (χ0) is 20.4. The van der Waals surface area contributed by atoms with E-state index >= 15 is 0 Å². The maximum atomic E-state index is 13.3. The second-order valence-corrected chi connectivity index (χ2v) is 8.60. The number of carbonyl (C=O) groups is 1. The quantitative estimate of drug-likeness (QED) is 0.591. The molecule has 1 amide bonds. The van der Waals surface area contributed by atoms with Crippen LogP contribution in [0.1, 0.15) is 49.0 Å². The molecular weight excluding hydrogens is 407 g/mol. The fourth-order valence-electron chi connectivity index (χ4n) is 3.92. The zero-order valence-electron chi connectivity index (χ0n) is 15.9. The number of morpholine rings is 1. The SMILES string of the molecule is N#CCC[C@@H]1O[C@@H](c2cccc(Cl)c2)[C@@H](c2ccc(Cl)cc2)N(CC2CC2)C1=O. The van der Waals surface area contributed by atoms with Crippen LogP contribution in [0.3, 0.4) is 0 Å². The van der Waals surface area contributed by atoms with E-state index in [1.165, 1.54) is 0 Å². The van der Waals surface area contributed by atoms with Gasteiger partial charge in [-0.3, -0.25) is 4.79 Å². The molecule has 0 bridgehead atoms. The van der Waals surface area contributed by atoms with E-state index in [1.54, 1.807) is 0 Å². The predicted molar refractivity (Wildman–Crippen MR) is 113 cm³/mol. The van der Waals surface area contributed by atoms with Crippen LogP contribution in [0.15, 0.2) is 48.5 Å². The Morgan fingerprint density at radius 1 is 1.07 bits per heavy atom. The lowest BCUT2D eigenvalue weighted by Crippen LogP contribution is -2.51. The van der Waals surface area contributed by atoms with Gasteiger partial charge in [-0.15, -0.1) is 0 Å². The number of hydrogen-bond acceptors (Lipinski definition) is 3. The van der Waals surface area contributed by atoms with Crippen LogP contribution in [-0.4, -0.2) is 23.5 Å². The van der Waals surface area contributed by atoms with Gasteiger partial charge in [-0.1, -0.05) is 47.5 Å². The Balaban J connectivity index is 1.77. The van der Waals surface area contributed by atoms with Crippen LogP contribution in [-0.2, 0) is 9.53 Å². The summed E-state index contributed by atoms with van der Waals surface area (Å²) in [5.41, 5.74) is 1.90. The van der Waals surface area contributed by atoms with Gasteiger partial charge in [0.1, 0.15) is 12.2 Å². The molecule has 1 saturated carbocycles. The van der Waals surface area contributed by atoms with Gasteiger partial charge in [-0.25, -0.2) is 0 Å². The van der Waals surface area contributed by atoms with Crippen LogP contribution >= 0.6 is 23.2 Å². The molecule has 1 aliphatic heterocycles. The molecule has 0 unspecified atom stereocenters. The lowest BCUT2D eigenvalue weighted by molar-refractivity contribution is -0.175. The van der Waals surface area contributed by atoms with Crippen molar-refractivity contribution in [2.45, 2.75) is 43.9 Å². The van der Waals surface area contributed by atoms with Crippen molar-refractivity contribution in [1.82, 2.24) is 4.90 Å². The maximum absolute atomic E-state index is 13.3. The first-order chi connectivity index (χ1) is 14.1. The normalized spacial score (nSPS) is 24.4. The van der Waals surface area contributed by atoms with Gasteiger partial charge in [0.25, 0.3) is 5.91 Å². The van der Waals surface area contributed by atoms with Gasteiger partial charge in [-0.05, 0) is 60.6 Å². The molecule has 150 valence electrons. The van der Waals surface area contributed by atoms with Gasteiger partial charge < -0.3 is 9.64 Å². The molecule has 2 aromatic rings. The highest BCUT2D eigenvalue weighted by molar-refractivity contribution is 6.30. The summed E-state index contributed by atoms with van der Waals surface area (Å²) in [6.45, 7) is 0.704. The number of nitrogens with zero attached hydrogens (tertiary/aromatic N) is 2. The molecule has 2 aromatic carbocycles. The van der Waals surface area contributed by atoms with Crippen molar-refractivity contribution in [2.24, 2.45) is 5.92 Å². The van der Waals surface area contributed by atoms with Crippen molar-refractivity contribution in [3.8, 4) is 6.07 Å². The first-order valence-electron chi connectivity index (χ1n) is 9.90. The van der Waals surface area contributed by atoms with Crippen molar-refractivity contribution in [2.75, 3.05) is 6.54 Å². The minimum absolute atomic E-state index is 0.0367. The summed E-state index contributed by atoms with van der Waals surface area (Å²) in [5, 5.41) is 10.3. The van der Waals surface area contributed by atoms with Crippen molar-refractivity contribution in [1.29, 1.82) is 5.26 Å². The van der Waals surface area contributed by atoms with Gasteiger partial charge in [0, 0.05) is 23.0 Å². The zero-order valence-corrected chi connectivity index (χ0v) is 17.4. The van der Waals surface area contributed by atoms with Crippen molar-refractivity contribution in [3.63, 3.8) is 0 Å². The number of carbonyl (C=O) groups excluding carboxylic acids is 1. The number of ether oxygens (including phenoxy) is 1.